The summed E-state index contributed by atoms with van der Waals surface area (Å²) in [5, 5.41) is 2.20. The van der Waals surface area contributed by atoms with Crippen molar-refractivity contribution in [3.8, 4) is 89.5 Å². The molecule has 12 rings (SSSR count). The largest absolute Gasteiger partial charge is 0.456 e. The maximum Gasteiger partial charge on any atom is 0.160 e. The molecule has 1 aliphatic rings. The lowest BCUT2D eigenvalue weighted by Crippen LogP contribution is -2.14. The molecular weight excluding hydrogens is 777 g/mol. The van der Waals surface area contributed by atoms with E-state index in [1.54, 1.807) is 0 Å². The van der Waals surface area contributed by atoms with E-state index in [1.807, 2.05) is 18.2 Å². The highest BCUT2D eigenvalue weighted by Gasteiger charge is 2.35. The maximum absolute atomic E-state index is 6.27. The average molecular weight is 819 g/mol. The first kappa shape index (κ1) is 37.6. The molecule has 0 bridgehead atoms. The fraction of sp³-hybridized carbons (Fsp3) is 0.0492. The lowest BCUT2D eigenvalue weighted by molar-refractivity contribution is 0.660. The van der Waals surface area contributed by atoms with Gasteiger partial charge in [0.2, 0.25) is 0 Å². The molecule has 0 N–H and O–H groups in total. The average Bonchev–Trinajstić information content (AvgIpc) is 3.85. The van der Waals surface area contributed by atoms with E-state index < -0.39 is 0 Å². The van der Waals surface area contributed by atoms with Gasteiger partial charge in [0, 0.05) is 32.9 Å². The minimum absolute atomic E-state index is 0.113. The van der Waals surface area contributed by atoms with Crippen molar-refractivity contribution in [3.63, 3.8) is 0 Å². The number of para-hydroxylation sites is 1. The Morgan fingerprint density at radius 1 is 0.312 bits per heavy atom. The molecule has 64 heavy (non-hydrogen) atoms. The molecule has 0 saturated heterocycles. The third-order valence-electron chi connectivity index (χ3n) is 13.1. The topological polar surface area (TPSA) is 38.9 Å². The van der Waals surface area contributed by atoms with Gasteiger partial charge >= 0.3 is 0 Å². The molecule has 302 valence electrons. The number of hydrogen-bond donors (Lipinski definition) is 0. The molecule has 2 heterocycles. The summed E-state index contributed by atoms with van der Waals surface area (Å²) < 4.78 is 6.27. The molecule has 0 spiro atoms. The zero-order valence-electron chi connectivity index (χ0n) is 35.6. The van der Waals surface area contributed by atoms with Gasteiger partial charge in [-0.05, 0) is 121 Å². The SMILES string of the molecule is CC1(C)c2ccccc2-c2ccc(-c3ccccc3-c3cc(-c4cc(-c5cccc(-c6ccccc6)c5)cc(-c5ccc6oc7ccccc7c6c5)c4)nc(-c4ccccc4)n3)cc21. The molecule has 0 amide bonds. The van der Waals surface area contributed by atoms with Crippen LogP contribution in [-0.2, 0) is 5.41 Å². The number of hydrogen-bond acceptors (Lipinski definition) is 3. The molecule has 0 atom stereocenters. The standard InChI is InChI=1S/C61H42N2O/c1-61(2)54-26-13-11-23-49(54)50-30-28-44(37-55(50)61)48-22-9-10-24-51(48)57-38-56(62-60(63-57)40-18-7-4-8-19-40)47-34-45(42-21-15-20-41(32-42)39-16-5-3-6-17-39)33-46(35-47)43-29-31-59-53(36-43)52-25-12-14-27-58(52)64-59/h3-38H,1-2H3. The summed E-state index contributed by atoms with van der Waals surface area (Å²) in [4.78, 5) is 10.7. The van der Waals surface area contributed by atoms with Crippen LogP contribution in [0.25, 0.3) is 111 Å². The van der Waals surface area contributed by atoms with Crippen LogP contribution >= 0.6 is 0 Å². The first-order valence-corrected chi connectivity index (χ1v) is 22.0. The summed E-state index contributed by atoms with van der Waals surface area (Å²) in [6.45, 7) is 4.68. The summed E-state index contributed by atoms with van der Waals surface area (Å²) >= 11 is 0. The van der Waals surface area contributed by atoms with Crippen LogP contribution in [0.3, 0.4) is 0 Å². The Hall–Kier alpha value is -8.14. The molecule has 11 aromatic rings. The second-order valence-electron chi connectivity index (χ2n) is 17.4. The summed E-state index contributed by atoms with van der Waals surface area (Å²) in [5.74, 6) is 0.678. The molecular formula is C61H42N2O. The van der Waals surface area contributed by atoms with Crippen LogP contribution in [-0.4, -0.2) is 9.97 Å². The quantitative estimate of drug-likeness (QED) is 0.161. The number of aromatic nitrogens is 2. The maximum atomic E-state index is 6.27. The van der Waals surface area contributed by atoms with Crippen LogP contribution < -0.4 is 0 Å². The zero-order chi connectivity index (χ0) is 42.8. The number of nitrogens with zero attached hydrogens (tertiary/aromatic N) is 2. The molecule has 0 fully saturated rings. The molecule has 3 nitrogen and oxygen atoms in total. The van der Waals surface area contributed by atoms with Crippen LogP contribution in [0.5, 0.6) is 0 Å². The highest BCUT2D eigenvalue weighted by molar-refractivity contribution is 6.06. The number of benzene rings is 9. The fourth-order valence-corrected chi connectivity index (χ4v) is 9.80. The van der Waals surface area contributed by atoms with E-state index in [9.17, 15) is 0 Å². The van der Waals surface area contributed by atoms with Crippen molar-refractivity contribution in [1.82, 2.24) is 9.97 Å². The van der Waals surface area contributed by atoms with Gasteiger partial charge < -0.3 is 4.42 Å². The Labute approximate surface area is 373 Å². The Morgan fingerprint density at radius 3 is 1.66 bits per heavy atom. The summed E-state index contributed by atoms with van der Waals surface area (Å²) in [5.41, 5.74) is 20.8. The van der Waals surface area contributed by atoms with E-state index in [-0.39, 0.29) is 5.41 Å². The van der Waals surface area contributed by atoms with Crippen molar-refractivity contribution in [1.29, 1.82) is 0 Å². The summed E-state index contributed by atoms with van der Waals surface area (Å²) in [7, 11) is 0. The molecule has 0 radical (unpaired) electrons. The molecule has 2 aromatic heterocycles. The van der Waals surface area contributed by atoms with Crippen LogP contribution in [0, 0.1) is 0 Å². The van der Waals surface area contributed by atoms with Crippen LogP contribution in [0.15, 0.2) is 223 Å². The van der Waals surface area contributed by atoms with E-state index in [2.05, 4.69) is 214 Å². The van der Waals surface area contributed by atoms with Gasteiger partial charge in [0.25, 0.3) is 0 Å². The predicted molar refractivity (Wildman–Crippen MR) is 265 cm³/mol. The van der Waals surface area contributed by atoms with Crippen LogP contribution in [0.1, 0.15) is 25.0 Å². The Bertz CT molecular complexity index is 3580. The van der Waals surface area contributed by atoms with Gasteiger partial charge in [-0.2, -0.15) is 0 Å². The molecule has 3 heteroatoms. The zero-order valence-corrected chi connectivity index (χ0v) is 35.6. The number of rotatable bonds is 7. The fourth-order valence-electron chi connectivity index (χ4n) is 9.80. The van der Waals surface area contributed by atoms with Gasteiger partial charge in [-0.25, -0.2) is 9.97 Å². The first-order valence-electron chi connectivity index (χ1n) is 22.0. The third-order valence-corrected chi connectivity index (χ3v) is 13.1. The van der Waals surface area contributed by atoms with Gasteiger partial charge in [-0.15, -0.1) is 0 Å². The van der Waals surface area contributed by atoms with Crippen molar-refractivity contribution < 1.29 is 4.42 Å². The lowest BCUT2D eigenvalue weighted by atomic mass is 9.81. The normalized spacial score (nSPS) is 12.7. The molecule has 0 unspecified atom stereocenters. The predicted octanol–water partition coefficient (Wildman–Crippen LogP) is 16.4. The van der Waals surface area contributed by atoms with Crippen molar-refractivity contribution in [2.75, 3.05) is 0 Å². The Morgan fingerprint density at radius 2 is 0.859 bits per heavy atom. The molecule has 0 aliphatic heterocycles. The Balaban J connectivity index is 1.05. The third kappa shape index (κ3) is 6.44. The van der Waals surface area contributed by atoms with Crippen molar-refractivity contribution in [2.45, 2.75) is 19.3 Å². The van der Waals surface area contributed by atoms with E-state index in [0.717, 1.165) is 77.8 Å². The van der Waals surface area contributed by atoms with E-state index in [4.69, 9.17) is 14.4 Å². The van der Waals surface area contributed by atoms with E-state index in [1.165, 1.54) is 38.9 Å². The number of furan rings is 1. The van der Waals surface area contributed by atoms with Gasteiger partial charge in [0.1, 0.15) is 11.2 Å². The van der Waals surface area contributed by atoms with Gasteiger partial charge in [0.15, 0.2) is 5.82 Å². The molecule has 1 aliphatic carbocycles. The number of fused-ring (bicyclic) bond motifs is 6. The van der Waals surface area contributed by atoms with E-state index in [0.29, 0.717) is 5.82 Å². The smallest absolute Gasteiger partial charge is 0.160 e. The van der Waals surface area contributed by atoms with Crippen molar-refractivity contribution in [3.05, 3.63) is 230 Å². The summed E-state index contributed by atoms with van der Waals surface area (Å²) in [6.07, 6.45) is 0. The van der Waals surface area contributed by atoms with Crippen molar-refractivity contribution >= 4 is 21.9 Å². The Kier molecular flexibility index (Phi) is 8.84. The minimum atomic E-state index is -0.113. The van der Waals surface area contributed by atoms with Crippen molar-refractivity contribution in [2.24, 2.45) is 0 Å². The second-order valence-corrected chi connectivity index (χ2v) is 17.4. The summed E-state index contributed by atoms with van der Waals surface area (Å²) in [6, 6.07) is 78.0. The highest BCUT2D eigenvalue weighted by Crippen LogP contribution is 2.50. The second kappa shape index (κ2) is 15.0. The monoisotopic (exact) mass is 818 g/mol. The van der Waals surface area contributed by atoms with Gasteiger partial charge in [-0.3, -0.25) is 0 Å². The highest BCUT2D eigenvalue weighted by atomic mass is 16.3. The minimum Gasteiger partial charge on any atom is -0.456 e. The van der Waals surface area contributed by atoms with Gasteiger partial charge in [0.05, 0.1) is 11.4 Å². The van der Waals surface area contributed by atoms with Gasteiger partial charge in [-0.1, -0.05) is 178 Å². The molecule has 9 aromatic carbocycles. The van der Waals surface area contributed by atoms with Crippen LogP contribution in [0.4, 0.5) is 0 Å². The van der Waals surface area contributed by atoms with Crippen LogP contribution in [0.2, 0.25) is 0 Å². The molecule has 0 saturated carbocycles. The first-order chi connectivity index (χ1) is 31.4. The lowest BCUT2D eigenvalue weighted by Gasteiger charge is -2.22. The van der Waals surface area contributed by atoms with E-state index >= 15 is 0 Å².